The second-order valence-electron chi connectivity index (χ2n) is 3.92. The van der Waals surface area contributed by atoms with E-state index in [2.05, 4.69) is 6.07 Å². The van der Waals surface area contributed by atoms with Crippen LogP contribution in [0.2, 0.25) is 0 Å². The van der Waals surface area contributed by atoms with Gasteiger partial charge >= 0.3 is 0 Å². The van der Waals surface area contributed by atoms with Crippen molar-refractivity contribution in [3.63, 3.8) is 0 Å². The minimum absolute atomic E-state index is 0.0106. The first-order chi connectivity index (χ1) is 6.77. The molecular formula is C11H17NO2. The summed E-state index contributed by atoms with van der Waals surface area (Å²) in [6, 6.07) is 4.02. The molecular weight excluding hydrogens is 178 g/mol. The minimum Gasteiger partial charge on any atom is -0.464 e. The van der Waals surface area contributed by atoms with E-state index in [9.17, 15) is 0 Å². The monoisotopic (exact) mass is 195 g/mol. The highest BCUT2D eigenvalue weighted by Gasteiger charge is 2.19. The Morgan fingerprint density at radius 3 is 2.64 bits per heavy atom. The molecule has 0 saturated carbocycles. The fourth-order valence-electron chi connectivity index (χ4n) is 1.81. The molecule has 1 aliphatic rings. The molecule has 1 unspecified atom stereocenters. The number of nitrogens with two attached hydrogens (primary N) is 1. The molecule has 2 heterocycles. The Bertz CT molecular complexity index is 287. The summed E-state index contributed by atoms with van der Waals surface area (Å²) in [5.41, 5.74) is 5.74. The summed E-state index contributed by atoms with van der Waals surface area (Å²) in [6.07, 6.45) is 2.12. The summed E-state index contributed by atoms with van der Waals surface area (Å²) < 4.78 is 11.0. The second-order valence-corrected chi connectivity index (χ2v) is 3.92. The van der Waals surface area contributed by atoms with Crippen molar-refractivity contribution < 1.29 is 9.15 Å². The third-order valence-electron chi connectivity index (χ3n) is 2.72. The van der Waals surface area contributed by atoms with E-state index in [0.717, 1.165) is 37.6 Å². The van der Waals surface area contributed by atoms with Gasteiger partial charge in [0.2, 0.25) is 0 Å². The van der Waals surface area contributed by atoms with Gasteiger partial charge in [0, 0.05) is 19.1 Å². The van der Waals surface area contributed by atoms with Crippen LogP contribution in [0.4, 0.5) is 0 Å². The smallest absolute Gasteiger partial charge is 0.120 e. The molecule has 0 radical (unpaired) electrons. The molecule has 0 aromatic carbocycles. The Morgan fingerprint density at radius 2 is 2.07 bits per heavy atom. The van der Waals surface area contributed by atoms with Gasteiger partial charge in [0.15, 0.2) is 0 Å². The van der Waals surface area contributed by atoms with Gasteiger partial charge in [-0.3, -0.25) is 0 Å². The first-order valence-corrected chi connectivity index (χ1v) is 5.20. The maximum absolute atomic E-state index is 5.74. The zero-order chi connectivity index (χ0) is 9.97. The molecule has 3 nitrogen and oxygen atoms in total. The molecule has 3 heteroatoms. The quantitative estimate of drug-likeness (QED) is 0.787. The van der Waals surface area contributed by atoms with Crippen LogP contribution in [-0.4, -0.2) is 13.2 Å². The molecule has 0 amide bonds. The Balaban J connectivity index is 2.07. The maximum Gasteiger partial charge on any atom is 0.120 e. The Hall–Kier alpha value is -0.800. The van der Waals surface area contributed by atoms with Crippen molar-refractivity contribution in [1.82, 2.24) is 0 Å². The average molecular weight is 195 g/mol. The second kappa shape index (κ2) is 4.15. The third kappa shape index (κ3) is 1.99. The van der Waals surface area contributed by atoms with Crippen LogP contribution < -0.4 is 5.73 Å². The van der Waals surface area contributed by atoms with Crippen LogP contribution in [-0.2, 0) is 4.74 Å². The topological polar surface area (TPSA) is 48.4 Å². The highest BCUT2D eigenvalue weighted by atomic mass is 16.5. The summed E-state index contributed by atoms with van der Waals surface area (Å²) in [5, 5.41) is 0. The predicted octanol–water partition coefficient (Wildman–Crippen LogP) is 2.19. The summed E-state index contributed by atoms with van der Waals surface area (Å²) in [4.78, 5) is 0. The molecule has 0 aliphatic carbocycles. The highest BCUT2D eigenvalue weighted by molar-refractivity contribution is 5.13. The largest absolute Gasteiger partial charge is 0.464 e. The van der Waals surface area contributed by atoms with Gasteiger partial charge in [0.25, 0.3) is 0 Å². The number of furan rings is 1. The zero-order valence-corrected chi connectivity index (χ0v) is 8.53. The fourth-order valence-corrected chi connectivity index (χ4v) is 1.81. The fraction of sp³-hybridized carbons (Fsp3) is 0.636. The molecule has 1 aliphatic heterocycles. The summed E-state index contributed by atoms with van der Waals surface area (Å²) in [7, 11) is 0. The maximum atomic E-state index is 5.74. The lowest BCUT2D eigenvalue weighted by Gasteiger charge is -2.19. The lowest BCUT2D eigenvalue weighted by molar-refractivity contribution is 0.0803. The van der Waals surface area contributed by atoms with Gasteiger partial charge in [-0.15, -0.1) is 0 Å². The van der Waals surface area contributed by atoms with E-state index in [1.54, 1.807) is 0 Å². The lowest BCUT2D eigenvalue weighted by atomic mass is 9.98. The van der Waals surface area contributed by atoms with Gasteiger partial charge in [-0.25, -0.2) is 0 Å². The Kier molecular flexibility index (Phi) is 2.89. The molecule has 1 aromatic heterocycles. The summed E-state index contributed by atoms with van der Waals surface area (Å²) >= 11 is 0. The van der Waals surface area contributed by atoms with Crippen molar-refractivity contribution in [2.45, 2.75) is 31.7 Å². The van der Waals surface area contributed by atoms with Crippen LogP contribution in [0.1, 0.15) is 43.2 Å². The Morgan fingerprint density at radius 1 is 1.36 bits per heavy atom. The van der Waals surface area contributed by atoms with Gasteiger partial charge in [0.05, 0.1) is 6.04 Å². The van der Waals surface area contributed by atoms with Gasteiger partial charge in [0.1, 0.15) is 11.5 Å². The van der Waals surface area contributed by atoms with Crippen LogP contribution in [0.25, 0.3) is 0 Å². The number of rotatable bonds is 2. The zero-order valence-electron chi connectivity index (χ0n) is 8.53. The van der Waals surface area contributed by atoms with Crippen LogP contribution in [0, 0.1) is 0 Å². The van der Waals surface area contributed by atoms with Crippen LogP contribution in [0.5, 0.6) is 0 Å². The van der Waals surface area contributed by atoms with Gasteiger partial charge in [-0.2, -0.15) is 0 Å². The molecule has 14 heavy (non-hydrogen) atoms. The summed E-state index contributed by atoms with van der Waals surface area (Å²) in [6.45, 7) is 3.63. The van der Waals surface area contributed by atoms with E-state index in [-0.39, 0.29) is 6.04 Å². The Labute approximate surface area is 84.2 Å². The predicted molar refractivity (Wildman–Crippen MR) is 54.1 cm³/mol. The molecule has 78 valence electrons. The van der Waals surface area contributed by atoms with Gasteiger partial charge in [-0.1, -0.05) is 0 Å². The number of ether oxygens (including phenoxy) is 1. The standard InChI is InChI=1S/C11H17NO2/c1-8(12)10-2-3-11(14-10)9-4-6-13-7-5-9/h2-3,8-9H,4-7,12H2,1H3. The van der Waals surface area contributed by atoms with Crippen molar-refractivity contribution in [1.29, 1.82) is 0 Å². The van der Waals surface area contributed by atoms with E-state index in [1.165, 1.54) is 0 Å². The molecule has 1 saturated heterocycles. The average Bonchev–Trinajstić information content (AvgIpc) is 2.68. The van der Waals surface area contributed by atoms with Crippen molar-refractivity contribution in [2.75, 3.05) is 13.2 Å². The summed E-state index contributed by atoms with van der Waals surface area (Å²) in [5.74, 6) is 2.48. The molecule has 0 bridgehead atoms. The third-order valence-corrected chi connectivity index (χ3v) is 2.72. The van der Waals surface area contributed by atoms with Gasteiger partial charge in [-0.05, 0) is 31.9 Å². The van der Waals surface area contributed by atoms with E-state index >= 15 is 0 Å². The van der Waals surface area contributed by atoms with Crippen molar-refractivity contribution in [3.8, 4) is 0 Å². The molecule has 1 aromatic rings. The minimum atomic E-state index is -0.0106. The first-order valence-electron chi connectivity index (χ1n) is 5.20. The SMILES string of the molecule is CC(N)c1ccc(C2CCOCC2)o1. The number of hydrogen-bond donors (Lipinski definition) is 1. The van der Waals surface area contributed by atoms with Crippen LogP contribution in [0.15, 0.2) is 16.5 Å². The van der Waals surface area contributed by atoms with Gasteiger partial charge < -0.3 is 14.9 Å². The van der Waals surface area contributed by atoms with Crippen LogP contribution >= 0.6 is 0 Å². The normalized spacial score (nSPS) is 21.0. The molecule has 2 rings (SSSR count). The van der Waals surface area contributed by atoms with E-state index in [0.29, 0.717) is 5.92 Å². The van der Waals surface area contributed by atoms with Crippen molar-refractivity contribution in [3.05, 3.63) is 23.7 Å². The molecule has 0 spiro atoms. The van der Waals surface area contributed by atoms with E-state index in [1.807, 2.05) is 13.0 Å². The lowest BCUT2D eigenvalue weighted by Crippen LogP contribution is -2.13. The number of hydrogen-bond acceptors (Lipinski definition) is 3. The first kappa shape index (κ1) is 9.74. The molecule has 1 fully saturated rings. The van der Waals surface area contributed by atoms with E-state index < -0.39 is 0 Å². The molecule has 1 atom stereocenters. The van der Waals surface area contributed by atoms with E-state index in [4.69, 9.17) is 14.9 Å². The highest BCUT2D eigenvalue weighted by Crippen LogP contribution is 2.29. The van der Waals surface area contributed by atoms with Crippen molar-refractivity contribution in [2.24, 2.45) is 5.73 Å². The molecule has 2 N–H and O–H groups in total. The van der Waals surface area contributed by atoms with Crippen molar-refractivity contribution >= 4 is 0 Å². The van der Waals surface area contributed by atoms with Crippen LogP contribution in [0.3, 0.4) is 0 Å².